The predicted octanol–water partition coefficient (Wildman–Crippen LogP) is 4.23. The predicted molar refractivity (Wildman–Crippen MR) is 82.3 cm³/mol. The maximum Gasteiger partial charge on any atom is 0.133 e. The molecule has 0 amide bonds. The number of benzene rings is 2. The minimum Gasteiger partial charge on any atom is -0.493 e. The van der Waals surface area contributed by atoms with Gasteiger partial charge in [0.15, 0.2) is 0 Å². The minimum atomic E-state index is -0.251. The number of nitrogens with two attached hydrogens (primary N) is 1. The maximum atomic E-state index is 13.6. The average molecular weight is 338 g/mol. The number of ether oxygens (including phenoxy) is 1. The van der Waals surface area contributed by atoms with Gasteiger partial charge in [-0.3, -0.25) is 0 Å². The molecule has 0 heterocycles. The summed E-state index contributed by atoms with van der Waals surface area (Å²) in [6.45, 7) is 2.55. The summed E-state index contributed by atoms with van der Waals surface area (Å²) >= 11 is 3.46. The molecule has 0 saturated heterocycles. The van der Waals surface area contributed by atoms with E-state index >= 15 is 0 Å². The van der Waals surface area contributed by atoms with Gasteiger partial charge in [-0.2, -0.15) is 0 Å². The molecule has 0 aromatic heterocycles. The van der Waals surface area contributed by atoms with Gasteiger partial charge in [0.05, 0.1) is 11.1 Å². The molecule has 2 N–H and O–H groups in total. The first-order valence-corrected chi connectivity index (χ1v) is 7.32. The van der Waals surface area contributed by atoms with E-state index in [1.807, 2.05) is 31.2 Å². The highest BCUT2D eigenvalue weighted by atomic mass is 79.9. The van der Waals surface area contributed by atoms with Crippen LogP contribution < -0.4 is 10.5 Å². The third-order valence-electron chi connectivity index (χ3n) is 3.08. The Hall–Kier alpha value is -1.39. The monoisotopic (exact) mass is 337 g/mol. The molecule has 4 heteroatoms. The van der Waals surface area contributed by atoms with Crippen LogP contribution in [0.1, 0.15) is 24.1 Å². The smallest absolute Gasteiger partial charge is 0.133 e. The second-order valence-corrected chi connectivity index (χ2v) is 5.38. The van der Waals surface area contributed by atoms with E-state index in [2.05, 4.69) is 15.9 Å². The molecule has 106 valence electrons. The van der Waals surface area contributed by atoms with Gasteiger partial charge in [-0.1, -0.05) is 24.3 Å². The molecule has 1 atom stereocenters. The summed E-state index contributed by atoms with van der Waals surface area (Å²) in [4.78, 5) is 0. The molecule has 2 aromatic carbocycles. The summed E-state index contributed by atoms with van der Waals surface area (Å²) in [5, 5.41) is 0. The van der Waals surface area contributed by atoms with Crippen LogP contribution in [-0.4, -0.2) is 6.61 Å². The van der Waals surface area contributed by atoms with Gasteiger partial charge >= 0.3 is 0 Å². The number of hydrogen-bond donors (Lipinski definition) is 1. The van der Waals surface area contributed by atoms with Crippen LogP contribution in [0, 0.1) is 5.82 Å². The second kappa shape index (κ2) is 6.86. The van der Waals surface area contributed by atoms with Crippen LogP contribution in [0.3, 0.4) is 0 Å². The van der Waals surface area contributed by atoms with Crippen LogP contribution in [0.2, 0.25) is 0 Å². The Morgan fingerprint density at radius 1 is 1.25 bits per heavy atom. The summed E-state index contributed by atoms with van der Waals surface area (Å²) in [6, 6.07) is 12.2. The average Bonchev–Trinajstić information content (AvgIpc) is 2.43. The number of rotatable bonds is 5. The molecule has 0 aliphatic carbocycles. The molecule has 0 bridgehead atoms. The van der Waals surface area contributed by atoms with Crippen molar-refractivity contribution in [1.29, 1.82) is 0 Å². The van der Waals surface area contributed by atoms with Crippen LogP contribution >= 0.6 is 15.9 Å². The fraction of sp³-hybridized carbons (Fsp3) is 0.250. The maximum absolute atomic E-state index is 13.6. The molecule has 0 aliphatic heterocycles. The van der Waals surface area contributed by atoms with Crippen LogP contribution in [0.25, 0.3) is 0 Å². The van der Waals surface area contributed by atoms with E-state index in [1.165, 1.54) is 6.07 Å². The Bertz CT molecular complexity index is 588. The van der Waals surface area contributed by atoms with Gasteiger partial charge in [0.1, 0.15) is 11.6 Å². The summed E-state index contributed by atoms with van der Waals surface area (Å²) in [6.07, 6.45) is 0.465. The van der Waals surface area contributed by atoms with E-state index in [0.29, 0.717) is 18.6 Å². The number of hydrogen-bond acceptors (Lipinski definition) is 2. The zero-order chi connectivity index (χ0) is 14.5. The largest absolute Gasteiger partial charge is 0.493 e. The van der Waals surface area contributed by atoms with Crippen molar-refractivity contribution in [3.8, 4) is 5.75 Å². The molecule has 0 radical (unpaired) electrons. The highest BCUT2D eigenvalue weighted by Crippen LogP contribution is 2.29. The molecule has 0 fully saturated rings. The van der Waals surface area contributed by atoms with E-state index in [1.54, 1.807) is 12.1 Å². The van der Waals surface area contributed by atoms with Crippen molar-refractivity contribution in [2.24, 2.45) is 5.73 Å². The Kier molecular flexibility index (Phi) is 5.15. The van der Waals surface area contributed by atoms with Gasteiger partial charge < -0.3 is 10.5 Å². The Balaban J connectivity index is 2.15. The molecule has 2 nitrogen and oxygen atoms in total. The molecule has 0 spiro atoms. The van der Waals surface area contributed by atoms with Crippen LogP contribution in [0.15, 0.2) is 46.9 Å². The van der Waals surface area contributed by atoms with Gasteiger partial charge in [-0.25, -0.2) is 4.39 Å². The molecule has 1 unspecified atom stereocenters. The molecule has 0 saturated carbocycles. The molecule has 0 aliphatic rings. The molecule has 2 rings (SSSR count). The Morgan fingerprint density at radius 3 is 2.65 bits per heavy atom. The molecule has 20 heavy (non-hydrogen) atoms. The quantitative estimate of drug-likeness (QED) is 0.886. The SMILES string of the molecule is CCOc1ccc(C(N)Cc2ccccc2F)cc1Br. The summed E-state index contributed by atoms with van der Waals surface area (Å²) in [7, 11) is 0. The Labute approximate surface area is 126 Å². The van der Waals surface area contributed by atoms with Gasteiger partial charge in [0.25, 0.3) is 0 Å². The van der Waals surface area contributed by atoms with Gasteiger partial charge in [0, 0.05) is 6.04 Å². The fourth-order valence-electron chi connectivity index (χ4n) is 2.04. The summed E-state index contributed by atoms with van der Waals surface area (Å²) in [5.74, 6) is 0.572. The van der Waals surface area contributed by atoms with Crippen molar-refractivity contribution in [3.05, 3.63) is 63.9 Å². The summed E-state index contributed by atoms with van der Waals surface area (Å²) in [5.41, 5.74) is 7.74. The second-order valence-electron chi connectivity index (χ2n) is 4.52. The lowest BCUT2D eigenvalue weighted by molar-refractivity contribution is 0.338. The van der Waals surface area contributed by atoms with Crippen LogP contribution in [0.5, 0.6) is 5.75 Å². The van der Waals surface area contributed by atoms with E-state index < -0.39 is 0 Å². The Morgan fingerprint density at radius 2 is 2.00 bits per heavy atom. The van der Waals surface area contributed by atoms with Crippen LogP contribution in [-0.2, 0) is 6.42 Å². The lowest BCUT2D eigenvalue weighted by atomic mass is 9.99. The van der Waals surface area contributed by atoms with Crippen molar-refractivity contribution in [3.63, 3.8) is 0 Å². The van der Waals surface area contributed by atoms with Crippen molar-refractivity contribution in [2.75, 3.05) is 6.61 Å². The lowest BCUT2D eigenvalue weighted by Crippen LogP contribution is -2.14. The highest BCUT2D eigenvalue weighted by Gasteiger charge is 2.12. The normalized spacial score (nSPS) is 12.2. The van der Waals surface area contributed by atoms with Crippen LogP contribution in [0.4, 0.5) is 4.39 Å². The third kappa shape index (κ3) is 3.58. The molecule has 2 aromatic rings. The van der Waals surface area contributed by atoms with E-state index in [9.17, 15) is 4.39 Å². The summed E-state index contributed by atoms with van der Waals surface area (Å²) < 4.78 is 19.9. The first-order chi connectivity index (χ1) is 9.61. The minimum absolute atomic E-state index is 0.215. The first kappa shape index (κ1) is 15.0. The zero-order valence-corrected chi connectivity index (χ0v) is 12.9. The fourth-order valence-corrected chi connectivity index (χ4v) is 2.55. The van der Waals surface area contributed by atoms with Crippen molar-refractivity contribution >= 4 is 15.9 Å². The van der Waals surface area contributed by atoms with Crippen molar-refractivity contribution in [1.82, 2.24) is 0 Å². The van der Waals surface area contributed by atoms with E-state index in [4.69, 9.17) is 10.5 Å². The third-order valence-corrected chi connectivity index (χ3v) is 3.70. The standard InChI is InChI=1S/C16H17BrFNO/c1-2-20-16-8-7-12(9-13(16)17)15(19)10-11-5-3-4-6-14(11)18/h3-9,15H,2,10,19H2,1H3. The van der Waals surface area contributed by atoms with Crippen molar-refractivity contribution in [2.45, 2.75) is 19.4 Å². The van der Waals surface area contributed by atoms with Crippen molar-refractivity contribution < 1.29 is 9.13 Å². The van der Waals surface area contributed by atoms with E-state index in [-0.39, 0.29) is 11.9 Å². The highest BCUT2D eigenvalue weighted by molar-refractivity contribution is 9.10. The van der Waals surface area contributed by atoms with Gasteiger partial charge in [-0.15, -0.1) is 0 Å². The lowest BCUT2D eigenvalue weighted by Gasteiger charge is -2.14. The van der Waals surface area contributed by atoms with Gasteiger partial charge in [0.2, 0.25) is 0 Å². The van der Waals surface area contributed by atoms with E-state index in [0.717, 1.165) is 15.8 Å². The zero-order valence-electron chi connectivity index (χ0n) is 11.3. The first-order valence-electron chi connectivity index (χ1n) is 6.53. The van der Waals surface area contributed by atoms with Gasteiger partial charge in [-0.05, 0) is 58.6 Å². The number of halogens is 2. The molecular weight excluding hydrogens is 321 g/mol. The topological polar surface area (TPSA) is 35.2 Å². The molecular formula is C16H17BrFNO.